The molecule has 1 saturated carbocycles. The zero-order valence-electron chi connectivity index (χ0n) is 12.3. The predicted octanol–water partition coefficient (Wildman–Crippen LogP) is 2.99. The minimum Gasteiger partial charge on any atom is -0.508 e. The number of hydrogen-bond donors (Lipinski definition) is 2. The summed E-state index contributed by atoms with van der Waals surface area (Å²) in [6.45, 7) is 1.94. The first-order chi connectivity index (χ1) is 9.96. The molecule has 0 unspecified atom stereocenters. The Kier molecular flexibility index (Phi) is 2.48. The molecule has 0 spiro atoms. The Morgan fingerprint density at radius 1 is 1.10 bits per heavy atom. The molecule has 21 heavy (non-hydrogen) atoms. The standard InChI is InChI=1S/C18H20O3/c1-17-8-6-14-13-4-3-12(19)10-11(13)2-5-15(14)18(17,21)9-7-16(17)20/h3-4,10,19,21H,2,5-9H2,1H3/t17-,18-/m1/s1. The molecule has 4 rings (SSSR count). The minimum atomic E-state index is -0.951. The van der Waals surface area contributed by atoms with Crippen LogP contribution in [0.5, 0.6) is 5.75 Å². The lowest BCUT2D eigenvalue weighted by Gasteiger charge is -2.47. The summed E-state index contributed by atoms with van der Waals surface area (Å²) in [7, 11) is 0. The van der Waals surface area contributed by atoms with Gasteiger partial charge in [0.1, 0.15) is 11.5 Å². The van der Waals surface area contributed by atoms with Crippen LogP contribution in [0.25, 0.3) is 5.57 Å². The van der Waals surface area contributed by atoms with Crippen LogP contribution < -0.4 is 0 Å². The van der Waals surface area contributed by atoms with Crippen LogP contribution in [-0.2, 0) is 11.2 Å². The fraction of sp³-hybridized carbons (Fsp3) is 0.500. The molecule has 0 heterocycles. The van der Waals surface area contributed by atoms with E-state index in [4.69, 9.17) is 0 Å². The highest BCUT2D eigenvalue weighted by Crippen LogP contribution is 2.58. The van der Waals surface area contributed by atoms with Crippen LogP contribution in [0.1, 0.15) is 50.2 Å². The monoisotopic (exact) mass is 284 g/mol. The number of phenolic OH excluding ortho intramolecular Hbond substituents is 1. The van der Waals surface area contributed by atoms with E-state index in [1.807, 2.05) is 19.1 Å². The highest BCUT2D eigenvalue weighted by atomic mass is 16.3. The van der Waals surface area contributed by atoms with Crippen molar-refractivity contribution in [3.63, 3.8) is 0 Å². The number of aromatic hydroxyl groups is 1. The molecule has 0 aromatic heterocycles. The molecular weight excluding hydrogens is 264 g/mol. The summed E-state index contributed by atoms with van der Waals surface area (Å²) in [5.74, 6) is 0.515. The highest BCUT2D eigenvalue weighted by molar-refractivity contribution is 5.92. The van der Waals surface area contributed by atoms with Crippen molar-refractivity contribution in [1.82, 2.24) is 0 Å². The van der Waals surface area contributed by atoms with Crippen molar-refractivity contribution in [3.05, 3.63) is 34.9 Å². The number of carbonyl (C=O) groups is 1. The van der Waals surface area contributed by atoms with Gasteiger partial charge in [-0.25, -0.2) is 0 Å². The topological polar surface area (TPSA) is 57.5 Å². The van der Waals surface area contributed by atoms with Gasteiger partial charge in [0.05, 0.1) is 11.0 Å². The summed E-state index contributed by atoms with van der Waals surface area (Å²) >= 11 is 0. The van der Waals surface area contributed by atoms with Crippen molar-refractivity contribution in [1.29, 1.82) is 0 Å². The molecule has 3 heteroatoms. The third-order valence-corrected chi connectivity index (χ3v) is 6.04. The lowest BCUT2D eigenvalue weighted by Crippen LogP contribution is -2.50. The van der Waals surface area contributed by atoms with Crippen LogP contribution in [-0.4, -0.2) is 21.6 Å². The molecule has 3 nitrogen and oxygen atoms in total. The number of ketones is 1. The molecule has 1 fully saturated rings. The summed E-state index contributed by atoms with van der Waals surface area (Å²) in [5.41, 5.74) is 3.06. The lowest BCUT2D eigenvalue weighted by molar-refractivity contribution is -0.133. The minimum absolute atomic E-state index is 0.216. The number of hydrogen-bond acceptors (Lipinski definition) is 3. The number of allylic oxidation sites excluding steroid dienone is 1. The van der Waals surface area contributed by atoms with Gasteiger partial charge >= 0.3 is 0 Å². The highest BCUT2D eigenvalue weighted by Gasteiger charge is 2.60. The number of fused-ring (bicyclic) bond motifs is 4. The van der Waals surface area contributed by atoms with E-state index in [9.17, 15) is 15.0 Å². The van der Waals surface area contributed by atoms with Crippen molar-refractivity contribution in [2.45, 2.75) is 51.0 Å². The van der Waals surface area contributed by atoms with Gasteiger partial charge in [0, 0.05) is 6.42 Å². The number of rotatable bonds is 0. The zero-order chi connectivity index (χ0) is 14.8. The fourth-order valence-electron chi connectivity index (χ4n) is 4.68. The van der Waals surface area contributed by atoms with E-state index in [1.165, 1.54) is 5.57 Å². The van der Waals surface area contributed by atoms with Crippen molar-refractivity contribution in [2.24, 2.45) is 5.41 Å². The molecule has 2 atom stereocenters. The largest absolute Gasteiger partial charge is 0.508 e. The van der Waals surface area contributed by atoms with E-state index in [-0.39, 0.29) is 5.78 Å². The van der Waals surface area contributed by atoms with Gasteiger partial charge in [-0.2, -0.15) is 0 Å². The molecule has 1 aromatic rings. The second-order valence-corrected chi connectivity index (χ2v) is 6.91. The lowest BCUT2D eigenvalue weighted by atomic mass is 9.60. The van der Waals surface area contributed by atoms with Crippen molar-refractivity contribution in [3.8, 4) is 5.75 Å². The van der Waals surface area contributed by atoms with Gasteiger partial charge < -0.3 is 10.2 Å². The summed E-state index contributed by atoms with van der Waals surface area (Å²) in [6.07, 6.45) is 4.25. The third kappa shape index (κ3) is 1.50. The first-order valence-electron chi connectivity index (χ1n) is 7.76. The molecule has 0 radical (unpaired) electrons. The summed E-state index contributed by atoms with van der Waals surface area (Å²) in [5, 5.41) is 20.9. The molecule has 0 saturated heterocycles. The molecule has 110 valence electrons. The molecule has 2 N–H and O–H groups in total. The second-order valence-electron chi connectivity index (χ2n) is 6.91. The Morgan fingerprint density at radius 3 is 2.71 bits per heavy atom. The Bertz CT molecular complexity index is 688. The van der Waals surface area contributed by atoms with Crippen molar-refractivity contribution >= 4 is 11.4 Å². The Hall–Kier alpha value is -1.61. The number of phenols is 1. The molecule has 0 amide bonds. The maximum atomic E-state index is 12.3. The first-order valence-corrected chi connectivity index (χ1v) is 7.76. The smallest absolute Gasteiger partial charge is 0.142 e. The van der Waals surface area contributed by atoms with Crippen LogP contribution in [0.15, 0.2) is 23.8 Å². The maximum Gasteiger partial charge on any atom is 0.142 e. The zero-order valence-corrected chi connectivity index (χ0v) is 12.3. The van der Waals surface area contributed by atoms with E-state index in [1.54, 1.807) is 6.07 Å². The number of benzene rings is 1. The second kappa shape index (κ2) is 3.98. The quantitative estimate of drug-likeness (QED) is 0.770. The molecule has 3 aliphatic carbocycles. The van der Waals surface area contributed by atoms with Gasteiger partial charge in [0.2, 0.25) is 0 Å². The molecule has 1 aromatic carbocycles. The van der Waals surface area contributed by atoms with Crippen molar-refractivity contribution < 1.29 is 15.0 Å². The number of aryl methyl sites for hydroxylation is 1. The van der Waals surface area contributed by atoms with Crippen LogP contribution in [0.2, 0.25) is 0 Å². The predicted molar refractivity (Wildman–Crippen MR) is 79.9 cm³/mol. The fourth-order valence-corrected chi connectivity index (χ4v) is 4.68. The third-order valence-electron chi connectivity index (χ3n) is 6.04. The average Bonchev–Trinajstić information content (AvgIpc) is 2.71. The van der Waals surface area contributed by atoms with Gasteiger partial charge in [-0.15, -0.1) is 0 Å². The molecular formula is C18H20O3. The van der Waals surface area contributed by atoms with Gasteiger partial charge in [-0.1, -0.05) is 6.07 Å². The number of aliphatic hydroxyl groups is 1. The van der Waals surface area contributed by atoms with Crippen LogP contribution in [0.4, 0.5) is 0 Å². The average molecular weight is 284 g/mol. The number of Topliss-reactive ketones (excluding diaryl/α,β-unsaturated/α-hetero) is 1. The van der Waals surface area contributed by atoms with Gasteiger partial charge in [0.25, 0.3) is 0 Å². The summed E-state index contributed by atoms with van der Waals surface area (Å²) in [6, 6.07) is 5.51. The summed E-state index contributed by atoms with van der Waals surface area (Å²) in [4.78, 5) is 12.3. The molecule has 3 aliphatic rings. The normalized spacial score (nSPS) is 34.5. The van der Waals surface area contributed by atoms with Crippen molar-refractivity contribution in [2.75, 3.05) is 0 Å². The van der Waals surface area contributed by atoms with Crippen LogP contribution >= 0.6 is 0 Å². The van der Waals surface area contributed by atoms with Gasteiger partial charge in [0.15, 0.2) is 0 Å². The van der Waals surface area contributed by atoms with Crippen LogP contribution in [0.3, 0.4) is 0 Å². The molecule has 0 bridgehead atoms. The van der Waals surface area contributed by atoms with E-state index >= 15 is 0 Å². The van der Waals surface area contributed by atoms with Gasteiger partial charge in [-0.3, -0.25) is 4.79 Å². The van der Waals surface area contributed by atoms with E-state index in [2.05, 4.69) is 0 Å². The van der Waals surface area contributed by atoms with E-state index in [0.717, 1.165) is 42.4 Å². The number of carbonyl (C=O) groups excluding carboxylic acids is 1. The Labute approximate surface area is 124 Å². The van der Waals surface area contributed by atoms with E-state index in [0.29, 0.717) is 18.6 Å². The van der Waals surface area contributed by atoms with Crippen LogP contribution in [0, 0.1) is 5.41 Å². The Balaban J connectivity index is 1.91. The molecule has 0 aliphatic heterocycles. The maximum absolute atomic E-state index is 12.3. The first kappa shape index (κ1) is 13.1. The van der Waals surface area contributed by atoms with E-state index < -0.39 is 11.0 Å². The SMILES string of the molecule is C[C@]12CCC3=C(CCc4cc(O)ccc43)[C@]1(O)CCC2=O. The Morgan fingerprint density at radius 2 is 1.90 bits per heavy atom. The summed E-state index contributed by atoms with van der Waals surface area (Å²) < 4.78 is 0. The van der Waals surface area contributed by atoms with Gasteiger partial charge in [-0.05, 0) is 73.4 Å².